The smallest absolute Gasteiger partial charge is 0.317 e. The Hall–Kier alpha value is -1.26. The maximum absolute atomic E-state index is 12.2. The normalized spacial score (nSPS) is 25.5. The number of urea groups is 1. The van der Waals surface area contributed by atoms with E-state index in [1.165, 1.54) is 25.7 Å². The zero-order valence-electron chi connectivity index (χ0n) is 11.6. The number of nitrogens with zero attached hydrogens (tertiary/aromatic N) is 1. The molecule has 2 fully saturated rings. The summed E-state index contributed by atoms with van der Waals surface area (Å²) in [5.41, 5.74) is 0. The van der Waals surface area contributed by atoms with E-state index in [0.29, 0.717) is 12.5 Å². The van der Waals surface area contributed by atoms with E-state index >= 15 is 0 Å². The van der Waals surface area contributed by atoms with Crippen LogP contribution in [0.25, 0.3) is 0 Å². The number of likely N-dealkylation sites (tertiary alicyclic amines) is 1. The van der Waals surface area contributed by atoms with Crippen LogP contribution < -0.4 is 5.32 Å². The Morgan fingerprint density at radius 1 is 1.26 bits per heavy atom. The van der Waals surface area contributed by atoms with Crippen LogP contribution in [0.2, 0.25) is 0 Å². The maximum Gasteiger partial charge on any atom is 0.317 e. The van der Waals surface area contributed by atoms with Crippen molar-refractivity contribution in [2.45, 2.75) is 64.0 Å². The standard InChI is InChI=1S/C14H24N2O3/c1-10(11-5-2-3-6-11)15-14(19)16-8-4-7-12(16)9-13(17)18/h10-12H,2-9H2,1H3,(H,15,19)(H,17,18). The van der Waals surface area contributed by atoms with Gasteiger partial charge in [-0.3, -0.25) is 4.79 Å². The first-order valence-corrected chi connectivity index (χ1v) is 7.37. The largest absolute Gasteiger partial charge is 0.481 e. The third-order valence-corrected chi connectivity index (χ3v) is 4.51. The van der Waals surface area contributed by atoms with Crippen LogP contribution in [0, 0.1) is 5.92 Å². The molecule has 1 aliphatic carbocycles. The van der Waals surface area contributed by atoms with Gasteiger partial charge in [0.2, 0.25) is 0 Å². The molecule has 108 valence electrons. The lowest BCUT2D eigenvalue weighted by Crippen LogP contribution is -2.48. The lowest BCUT2D eigenvalue weighted by atomic mass is 10.00. The number of hydrogen-bond acceptors (Lipinski definition) is 2. The minimum Gasteiger partial charge on any atom is -0.481 e. The number of rotatable bonds is 4. The van der Waals surface area contributed by atoms with Crippen LogP contribution in [0.5, 0.6) is 0 Å². The minimum atomic E-state index is -0.825. The number of carboxylic acids is 1. The molecule has 0 radical (unpaired) electrons. The molecule has 19 heavy (non-hydrogen) atoms. The van der Waals surface area contributed by atoms with Gasteiger partial charge in [0.05, 0.1) is 6.42 Å². The SMILES string of the molecule is CC(NC(=O)N1CCCC1CC(=O)O)C1CCCC1. The van der Waals surface area contributed by atoms with E-state index in [1.807, 2.05) is 0 Å². The Labute approximate surface area is 114 Å². The Kier molecular flexibility index (Phi) is 4.66. The first-order valence-electron chi connectivity index (χ1n) is 7.37. The van der Waals surface area contributed by atoms with Crippen LogP contribution in [-0.4, -0.2) is 40.6 Å². The summed E-state index contributed by atoms with van der Waals surface area (Å²) in [4.78, 5) is 24.7. The maximum atomic E-state index is 12.2. The first kappa shape index (κ1) is 14.2. The molecule has 2 rings (SSSR count). The van der Waals surface area contributed by atoms with Crippen molar-refractivity contribution in [1.29, 1.82) is 0 Å². The molecule has 0 aromatic heterocycles. The molecule has 1 heterocycles. The lowest BCUT2D eigenvalue weighted by Gasteiger charge is -2.28. The molecule has 2 amide bonds. The van der Waals surface area contributed by atoms with Crippen molar-refractivity contribution in [3.8, 4) is 0 Å². The van der Waals surface area contributed by atoms with Gasteiger partial charge in [-0.1, -0.05) is 12.8 Å². The number of aliphatic carboxylic acids is 1. The van der Waals surface area contributed by atoms with Gasteiger partial charge < -0.3 is 15.3 Å². The molecule has 0 aromatic rings. The Bertz CT molecular complexity index is 340. The highest BCUT2D eigenvalue weighted by molar-refractivity contribution is 5.76. The van der Waals surface area contributed by atoms with Gasteiger partial charge in [-0.15, -0.1) is 0 Å². The quantitative estimate of drug-likeness (QED) is 0.821. The van der Waals surface area contributed by atoms with E-state index in [0.717, 1.165) is 12.8 Å². The zero-order valence-corrected chi connectivity index (χ0v) is 11.6. The molecule has 0 bridgehead atoms. The fourth-order valence-electron chi connectivity index (χ4n) is 3.37. The number of carboxylic acid groups (broad SMARTS) is 1. The predicted molar refractivity (Wildman–Crippen MR) is 71.9 cm³/mol. The summed E-state index contributed by atoms with van der Waals surface area (Å²) in [7, 11) is 0. The average Bonchev–Trinajstić information content (AvgIpc) is 2.97. The average molecular weight is 268 g/mol. The van der Waals surface area contributed by atoms with Gasteiger partial charge >= 0.3 is 12.0 Å². The van der Waals surface area contributed by atoms with E-state index < -0.39 is 5.97 Å². The Balaban J connectivity index is 1.85. The summed E-state index contributed by atoms with van der Waals surface area (Å²) in [5, 5.41) is 11.9. The molecule has 1 aliphatic heterocycles. The van der Waals surface area contributed by atoms with Crippen LogP contribution in [-0.2, 0) is 4.79 Å². The van der Waals surface area contributed by atoms with E-state index in [2.05, 4.69) is 12.2 Å². The van der Waals surface area contributed by atoms with Gasteiger partial charge in [0.15, 0.2) is 0 Å². The molecule has 5 heteroatoms. The number of amides is 2. The van der Waals surface area contributed by atoms with Crippen LogP contribution in [0.4, 0.5) is 4.79 Å². The highest BCUT2D eigenvalue weighted by Gasteiger charge is 2.32. The van der Waals surface area contributed by atoms with Crippen molar-refractivity contribution in [1.82, 2.24) is 10.2 Å². The Morgan fingerprint density at radius 2 is 1.95 bits per heavy atom. The van der Waals surface area contributed by atoms with Gasteiger partial charge in [0.1, 0.15) is 0 Å². The molecule has 0 spiro atoms. The molecular formula is C14H24N2O3. The fourth-order valence-corrected chi connectivity index (χ4v) is 3.37. The van der Waals surface area contributed by atoms with Crippen LogP contribution >= 0.6 is 0 Å². The van der Waals surface area contributed by atoms with Crippen molar-refractivity contribution in [2.75, 3.05) is 6.54 Å². The van der Waals surface area contributed by atoms with Crippen molar-refractivity contribution < 1.29 is 14.7 Å². The molecule has 2 N–H and O–H groups in total. The van der Waals surface area contributed by atoms with Gasteiger partial charge in [-0.2, -0.15) is 0 Å². The Morgan fingerprint density at radius 3 is 2.58 bits per heavy atom. The molecule has 2 atom stereocenters. The third kappa shape index (κ3) is 3.61. The van der Waals surface area contributed by atoms with Gasteiger partial charge in [0.25, 0.3) is 0 Å². The summed E-state index contributed by atoms with van der Waals surface area (Å²) in [5.74, 6) is -0.238. The molecule has 1 saturated carbocycles. The number of nitrogens with one attached hydrogen (secondary N) is 1. The van der Waals surface area contributed by atoms with Crippen LogP contribution in [0.1, 0.15) is 51.9 Å². The van der Waals surface area contributed by atoms with E-state index in [1.54, 1.807) is 4.90 Å². The fraction of sp³-hybridized carbons (Fsp3) is 0.857. The second-order valence-corrected chi connectivity index (χ2v) is 5.87. The first-order chi connectivity index (χ1) is 9.08. The highest BCUT2D eigenvalue weighted by Crippen LogP contribution is 2.28. The van der Waals surface area contributed by atoms with Crippen molar-refractivity contribution in [3.05, 3.63) is 0 Å². The molecule has 1 saturated heterocycles. The zero-order chi connectivity index (χ0) is 13.8. The minimum absolute atomic E-state index is 0.0607. The van der Waals surface area contributed by atoms with Crippen molar-refractivity contribution >= 4 is 12.0 Å². The molecule has 0 aromatic carbocycles. The van der Waals surface area contributed by atoms with Gasteiger partial charge in [-0.25, -0.2) is 4.79 Å². The summed E-state index contributed by atoms with van der Waals surface area (Å²) in [6.45, 7) is 2.75. The summed E-state index contributed by atoms with van der Waals surface area (Å²) in [6, 6.07) is -0.0162. The molecule has 5 nitrogen and oxygen atoms in total. The molecule has 2 unspecified atom stereocenters. The topological polar surface area (TPSA) is 69.6 Å². The second kappa shape index (κ2) is 6.26. The van der Waals surface area contributed by atoms with Crippen molar-refractivity contribution in [2.24, 2.45) is 5.92 Å². The van der Waals surface area contributed by atoms with Crippen LogP contribution in [0.3, 0.4) is 0 Å². The van der Waals surface area contributed by atoms with Crippen molar-refractivity contribution in [3.63, 3.8) is 0 Å². The van der Waals surface area contributed by atoms with E-state index in [-0.39, 0.29) is 24.5 Å². The summed E-state index contributed by atoms with van der Waals surface area (Å²) < 4.78 is 0. The lowest BCUT2D eigenvalue weighted by molar-refractivity contribution is -0.137. The summed E-state index contributed by atoms with van der Waals surface area (Å²) >= 11 is 0. The van der Waals surface area contributed by atoms with Gasteiger partial charge in [-0.05, 0) is 38.5 Å². The predicted octanol–water partition coefficient (Wildman–Crippen LogP) is 2.21. The monoisotopic (exact) mass is 268 g/mol. The van der Waals surface area contributed by atoms with E-state index in [9.17, 15) is 9.59 Å². The molecular weight excluding hydrogens is 244 g/mol. The van der Waals surface area contributed by atoms with Gasteiger partial charge in [0, 0.05) is 18.6 Å². The number of carbonyl (C=O) groups is 2. The molecule has 2 aliphatic rings. The number of carbonyl (C=O) groups excluding carboxylic acids is 1. The second-order valence-electron chi connectivity index (χ2n) is 5.87. The summed E-state index contributed by atoms with van der Waals surface area (Å²) in [6.07, 6.45) is 6.68. The number of hydrogen-bond donors (Lipinski definition) is 2. The van der Waals surface area contributed by atoms with E-state index in [4.69, 9.17) is 5.11 Å². The highest BCUT2D eigenvalue weighted by atomic mass is 16.4. The van der Waals surface area contributed by atoms with Crippen LogP contribution in [0.15, 0.2) is 0 Å². The third-order valence-electron chi connectivity index (χ3n) is 4.51.